The predicted molar refractivity (Wildman–Crippen MR) is 104 cm³/mol. The number of aliphatic imine (C=N–C) groups is 1. The highest BCUT2D eigenvalue weighted by Gasteiger charge is 2.05. The lowest BCUT2D eigenvalue weighted by molar-refractivity contribution is 0.791. The van der Waals surface area contributed by atoms with Crippen LogP contribution in [-0.2, 0) is 12.8 Å². The van der Waals surface area contributed by atoms with E-state index in [-0.39, 0.29) is 0 Å². The van der Waals surface area contributed by atoms with Crippen LogP contribution in [0.2, 0.25) is 0 Å². The molecule has 1 aromatic heterocycles. The third-order valence-electron chi connectivity index (χ3n) is 3.59. The topological polar surface area (TPSA) is 49.3 Å². The summed E-state index contributed by atoms with van der Waals surface area (Å²) in [6, 6.07) is 10.5. The second-order valence-electron chi connectivity index (χ2n) is 6.00. The standard InChI is InChI=1S/C19H28N4S/c1-4-20-19(21-12-10-16-8-6-5-7-9-16)22-13-11-17-14-24-18(23-17)15(2)3/h5-9,14-15H,4,10-13H2,1-3H3,(H2,20,21,22). The molecule has 0 aliphatic heterocycles. The first-order valence-corrected chi connectivity index (χ1v) is 9.57. The van der Waals surface area contributed by atoms with Crippen LogP contribution in [0.1, 0.15) is 43.0 Å². The van der Waals surface area contributed by atoms with Gasteiger partial charge in [-0.3, -0.25) is 4.99 Å². The van der Waals surface area contributed by atoms with E-state index in [1.807, 2.05) is 6.07 Å². The second kappa shape index (κ2) is 10.1. The van der Waals surface area contributed by atoms with E-state index < -0.39 is 0 Å². The van der Waals surface area contributed by atoms with Crippen LogP contribution in [-0.4, -0.2) is 30.6 Å². The minimum absolute atomic E-state index is 0.504. The number of aromatic nitrogens is 1. The molecule has 0 aliphatic carbocycles. The summed E-state index contributed by atoms with van der Waals surface area (Å²) in [5.41, 5.74) is 2.48. The molecule has 24 heavy (non-hydrogen) atoms. The maximum absolute atomic E-state index is 4.66. The van der Waals surface area contributed by atoms with E-state index in [0.717, 1.165) is 44.1 Å². The Morgan fingerprint density at radius 1 is 1.17 bits per heavy atom. The van der Waals surface area contributed by atoms with Crippen molar-refractivity contribution in [3.05, 3.63) is 52.0 Å². The average molecular weight is 345 g/mol. The third kappa shape index (κ3) is 6.32. The number of nitrogens with one attached hydrogen (secondary N) is 2. The van der Waals surface area contributed by atoms with Crippen LogP contribution in [0.4, 0.5) is 0 Å². The molecule has 0 fully saturated rings. The average Bonchev–Trinajstić information content (AvgIpc) is 3.05. The summed E-state index contributed by atoms with van der Waals surface area (Å²) in [6.07, 6.45) is 1.88. The molecule has 0 unspecified atom stereocenters. The van der Waals surface area contributed by atoms with Crippen molar-refractivity contribution in [2.24, 2.45) is 4.99 Å². The Kier molecular flexibility index (Phi) is 7.75. The Hall–Kier alpha value is -1.88. The van der Waals surface area contributed by atoms with Gasteiger partial charge >= 0.3 is 0 Å². The number of hydrogen-bond donors (Lipinski definition) is 2. The van der Waals surface area contributed by atoms with Crippen molar-refractivity contribution in [3.8, 4) is 0 Å². The maximum atomic E-state index is 4.66. The molecule has 1 heterocycles. The van der Waals surface area contributed by atoms with E-state index in [0.29, 0.717) is 5.92 Å². The molecule has 1 aromatic carbocycles. The van der Waals surface area contributed by atoms with Gasteiger partial charge < -0.3 is 10.6 Å². The van der Waals surface area contributed by atoms with Crippen LogP contribution in [0.5, 0.6) is 0 Å². The molecule has 0 bridgehead atoms. The van der Waals surface area contributed by atoms with Crippen molar-refractivity contribution in [2.45, 2.75) is 39.5 Å². The van der Waals surface area contributed by atoms with E-state index in [1.165, 1.54) is 10.6 Å². The fourth-order valence-electron chi connectivity index (χ4n) is 2.30. The van der Waals surface area contributed by atoms with Crippen LogP contribution >= 0.6 is 11.3 Å². The van der Waals surface area contributed by atoms with E-state index in [2.05, 4.69) is 71.0 Å². The lowest BCUT2D eigenvalue weighted by Gasteiger charge is -2.11. The van der Waals surface area contributed by atoms with Gasteiger partial charge in [0.2, 0.25) is 0 Å². The van der Waals surface area contributed by atoms with E-state index >= 15 is 0 Å². The molecule has 5 heteroatoms. The monoisotopic (exact) mass is 344 g/mol. The van der Waals surface area contributed by atoms with Gasteiger partial charge in [-0.2, -0.15) is 0 Å². The van der Waals surface area contributed by atoms with Gasteiger partial charge in [0.1, 0.15) is 0 Å². The van der Waals surface area contributed by atoms with Crippen molar-refractivity contribution < 1.29 is 0 Å². The summed E-state index contributed by atoms with van der Waals surface area (Å²) < 4.78 is 0. The van der Waals surface area contributed by atoms with Crippen molar-refractivity contribution in [1.82, 2.24) is 15.6 Å². The molecule has 2 N–H and O–H groups in total. The summed E-state index contributed by atoms with van der Waals surface area (Å²) in [7, 11) is 0. The third-order valence-corrected chi connectivity index (χ3v) is 4.79. The highest BCUT2D eigenvalue weighted by atomic mass is 32.1. The van der Waals surface area contributed by atoms with E-state index in [1.54, 1.807) is 11.3 Å². The molecule has 0 amide bonds. The number of thiazole rings is 1. The summed E-state index contributed by atoms with van der Waals surface area (Å²) in [5, 5.41) is 10.1. The molecule has 0 atom stereocenters. The largest absolute Gasteiger partial charge is 0.357 e. The summed E-state index contributed by atoms with van der Waals surface area (Å²) >= 11 is 1.75. The first kappa shape index (κ1) is 18.5. The van der Waals surface area contributed by atoms with Gasteiger partial charge in [0.15, 0.2) is 5.96 Å². The Morgan fingerprint density at radius 2 is 1.96 bits per heavy atom. The summed E-state index contributed by atoms with van der Waals surface area (Å²) in [4.78, 5) is 9.32. The fraction of sp³-hybridized carbons (Fsp3) is 0.474. The predicted octanol–water partition coefficient (Wildman–Crippen LogP) is 3.61. The smallest absolute Gasteiger partial charge is 0.191 e. The zero-order valence-corrected chi connectivity index (χ0v) is 15.7. The van der Waals surface area contributed by atoms with E-state index in [9.17, 15) is 0 Å². The minimum Gasteiger partial charge on any atom is -0.357 e. The normalized spacial score (nSPS) is 11.8. The van der Waals surface area contributed by atoms with E-state index in [4.69, 9.17) is 0 Å². The summed E-state index contributed by atoms with van der Waals surface area (Å²) in [6.45, 7) is 8.95. The number of guanidine groups is 1. The molecule has 2 aromatic rings. The Bertz CT molecular complexity index is 619. The van der Waals surface area contributed by atoms with Crippen LogP contribution in [0.3, 0.4) is 0 Å². The maximum Gasteiger partial charge on any atom is 0.191 e. The first-order chi connectivity index (χ1) is 11.7. The molecule has 130 valence electrons. The van der Waals surface area contributed by atoms with Gasteiger partial charge in [-0.1, -0.05) is 44.2 Å². The van der Waals surface area contributed by atoms with Crippen LogP contribution in [0.25, 0.3) is 0 Å². The molecule has 4 nitrogen and oxygen atoms in total. The van der Waals surface area contributed by atoms with Crippen molar-refractivity contribution in [1.29, 1.82) is 0 Å². The first-order valence-electron chi connectivity index (χ1n) is 8.69. The molecule has 0 saturated carbocycles. The highest BCUT2D eigenvalue weighted by molar-refractivity contribution is 7.09. The lowest BCUT2D eigenvalue weighted by Crippen LogP contribution is -2.38. The van der Waals surface area contributed by atoms with Gasteiger partial charge in [0.05, 0.1) is 10.7 Å². The van der Waals surface area contributed by atoms with Crippen molar-refractivity contribution in [2.75, 3.05) is 19.6 Å². The number of hydrogen-bond acceptors (Lipinski definition) is 3. The zero-order chi connectivity index (χ0) is 17.2. The molecule has 0 radical (unpaired) electrons. The molecule has 0 aliphatic rings. The molecule has 0 spiro atoms. The highest BCUT2D eigenvalue weighted by Crippen LogP contribution is 2.19. The Morgan fingerprint density at radius 3 is 2.62 bits per heavy atom. The van der Waals surface area contributed by atoms with Crippen molar-refractivity contribution >= 4 is 17.3 Å². The van der Waals surface area contributed by atoms with Gasteiger partial charge in [0, 0.05) is 37.4 Å². The molecular formula is C19H28N4S. The lowest BCUT2D eigenvalue weighted by atomic mass is 10.1. The SMILES string of the molecule is CCNC(=NCCc1csc(C(C)C)n1)NCCc1ccccc1. The summed E-state index contributed by atoms with van der Waals surface area (Å²) in [5.74, 6) is 1.39. The molecule has 0 saturated heterocycles. The Balaban J connectivity index is 1.79. The fourth-order valence-corrected chi connectivity index (χ4v) is 3.17. The van der Waals surface area contributed by atoms with Crippen LogP contribution < -0.4 is 10.6 Å². The van der Waals surface area contributed by atoms with Crippen LogP contribution in [0, 0.1) is 0 Å². The second-order valence-corrected chi connectivity index (χ2v) is 6.89. The molecular weight excluding hydrogens is 316 g/mol. The quantitative estimate of drug-likeness (QED) is 0.568. The van der Waals surface area contributed by atoms with Gasteiger partial charge in [-0.15, -0.1) is 11.3 Å². The van der Waals surface area contributed by atoms with Crippen LogP contribution in [0.15, 0.2) is 40.7 Å². The number of benzene rings is 1. The van der Waals surface area contributed by atoms with Gasteiger partial charge in [-0.25, -0.2) is 4.98 Å². The minimum atomic E-state index is 0.504. The number of nitrogens with zero attached hydrogens (tertiary/aromatic N) is 2. The zero-order valence-electron chi connectivity index (χ0n) is 14.9. The number of rotatable bonds is 8. The van der Waals surface area contributed by atoms with Gasteiger partial charge in [0.25, 0.3) is 0 Å². The van der Waals surface area contributed by atoms with Gasteiger partial charge in [-0.05, 0) is 18.9 Å². The van der Waals surface area contributed by atoms with Crippen molar-refractivity contribution in [3.63, 3.8) is 0 Å². The Labute approximate surface area is 149 Å². The molecule has 2 rings (SSSR count).